The van der Waals surface area contributed by atoms with E-state index in [2.05, 4.69) is 49.1 Å². The summed E-state index contributed by atoms with van der Waals surface area (Å²) in [5.74, 6) is 0.744. The predicted molar refractivity (Wildman–Crippen MR) is 81.5 cm³/mol. The van der Waals surface area contributed by atoms with Crippen molar-refractivity contribution < 1.29 is 5.11 Å². The Kier molecular flexibility index (Phi) is 4.87. The lowest BCUT2D eigenvalue weighted by atomic mass is 9.85. The lowest BCUT2D eigenvalue weighted by Crippen LogP contribution is -2.44. The maximum atomic E-state index is 10.6. The summed E-state index contributed by atoms with van der Waals surface area (Å²) in [7, 11) is 0. The Morgan fingerprint density at radius 2 is 1.79 bits per heavy atom. The summed E-state index contributed by atoms with van der Waals surface area (Å²) >= 11 is 0. The van der Waals surface area contributed by atoms with E-state index in [0.29, 0.717) is 0 Å². The van der Waals surface area contributed by atoms with Gasteiger partial charge in [0.25, 0.3) is 0 Å². The molecule has 0 bridgehead atoms. The monoisotopic (exact) mass is 261 g/mol. The molecule has 1 aromatic carbocycles. The minimum Gasteiger partial charge on any atom is -0.390 e. The number of hydrogen-bond donors (Lipinski definition) is 1. The van der Waals surface area contributed by atoms with Crippen LogP contribution in [0.1, 0.15) is 46.0 Å². The molecule has 1 aliphatic heterocycles. The zero-order chi connectivity index (χ0) is 13.7. The molecule has 0 aliphatic carbocycles. The van der Waals surface area contributed by atoms with Crippen molar-refractivity contribution in [3.05, 3.63) is 30.3 Å². The normalized spacial score (nSPS) is 18.8. The third kappa shape index (κ3) is 4.24. The Balaban J connectivity index is 1.81. The largest absolute Gasteiger partial charge is 0.390 e. The van der Waals surface area contributed by atoms with Crippen molar-refractivity contribution in [1.29, 1.82) is 0 Å². The van der Waals surface area contributed by atoms with Gasteiger partial charge in [-0.25, -0.2) is 0 Å². The summed E-state index contributed by atoms with van der Waals surface area (Å²) in [4.78, 5) is 2.39. The summed E-state index contributed by atoms with van der Waals surface area (Å²) < 4.78 is 0. The smallest absolute Gasteiger partial charge is 0.0681 e. The van der Waals surface area contributed by atoms with Gasteiger partial charge >= 0.3 is 0 Å². The van der Waals surface area contributed by atoms with Crippen molar-refractivity contribution in [2.45, 2.75) is 51.6 Å². The van der Waals surface area contributed by atoms with E-state index in [4.69, 9.17) is 0 Å². The number of piperidine rings is 1. The molecule has 1 saturated heterocycles. The van der Waals surface area contributed by atoms with E-state index in [1.807, 2.05) is 0 Å². The molecular weight excluding hydrogens is 234 g/mol. The average molecular weight is 261 g/mol. The van der Waals surface area contributed by atoms with Gasteiger partial charge in [-0.2, -0.15) is 0 Å². The van der Waals surface area contributed by atoms with Gasteiger partial charge in [-0.3, -0.25) is 0 Å². The van der Waals surface area contributed by atoms with Crippen LogP contribution in [0.3, 0.4) is 0 Å². The number of anilines is 1. The Bertz CT molecular complexity index is 366. The van der Waals surface area contributed by atoms with Crippen LogP contribution in [0.5, 0.6) is 0 Å². The van der Waals surface area contributed by atoms with E-state index in [0.717, 1.165) is 44.7 Å². The average Bonchev–Trinajstić information content (AvgIpc) is 2.40. The summed E-state index contributed by atoms with van der Waals surface area (Å²) in [6.45, 7) is 6.45. The van der Waals surface area contributed by atoms with Gasteiger partial charge in [0.05, 0.1) is 5.60 Å². The molecule has 1 aromatic rings. The highest BCUT2D eigenvalue weighted by molar-refractivity contribution is 5.46. The molecule has 2 heteroatoms. The lowest BCUT2D eigenvalue weighted by Gasteiger charge is -2.39. The van der Waals surface area contributed by atoms with Gasteiger partial charge in [0.1, 0.15) is 0 Å². The van der Waals surface area contributed by atoms with Crippen molar-refractivity contribution in [2.24, 2.45) is 5.92 Å². The Hall–Kier alpha value is -1.02. The molecule has 2 rings (SSSR count). The van der Waals surface area contributed by atoms with Crippen LogP contribution in [0.4, 0.5) is 5.69 Å². The number of rotatable bonds is 5. The standard InChI is InChI=1S/C17H27NO/c1-15(2)7-6-10-17(19)11-13-18(14-12-17)16-8-4-3-5-9-16/h3-5,8-9,15,19H,6-7,10-14H2,1-2H3. The first-order valence-electron chi connectivity index (χ1n) is 7.61. The summed E-state index contributed by atoms with van der Waals surface area (Å²) in [5.41, 5.74) is 0.868. The van der Waals surface area contributed by atoms with Crippen LogP contribution in [-0.4, -0.2) is 23.8 Å². The second-order valence-electron chi connectivity index (χ2n) is 6.33. The molecule has 1 N–H and O–H groups in total. The zero-order valence-electron chi connectivity index (χ0n) is 12.3. The molecule has 19 heavy (non-hydrogen) atoms. The van der Waals surface area contributed by atoms with Gasteiger partial charge in [0.15, 0.2) is 0 Å². The van der Waals surface area contributed by atoms with Gasteiger partial charge in [0.2, 0.25) is 0 Å². The first-order valence-corrected chi connectivity index (χ1v) is 7.61. The Labute approximate surface area is 117 Å². The van der Waals surface area contributed by atoms with Crippen molar-refractivity contribution in [1.82, 2.24) is 0 Å². The highest BCUT2D eigenvalue weighted by atomic mass is 16.3. The van der Waals surface area contributed by atoms with Crippen LogP contribution >= 0.6 is 0 Å². The number of hydrogen-bond acceptors (Lipinski definition) is 2. The van der Waals surface area contributed by atoms with E-state index in [1.54, 1.807) is 0 Å². The molecule has 0 saturated carbocycles. The highest BCUT2D eigenvalue weighted by Crippen LogP contribution is 2.30. The molecule has 1 fully saturated rings. The quantitative estimate of drug-likeness (QED) is 0.870. The molecule has 0 unspecified atom stereocenters. The summed E-state index contributed by atoms with van der Waals surface area (Å²) in [5, 5.41) is 10.6. The Morgan fingerprint density at radius 1 is 1.16 bits per heavy atom. The topological polar surface area (TPSA) is 23.5 Å². The molecule has 2 nitrogen and oxygen atoms in total. The van der Waals surface area contributed by atoms with Crippen molar-refractivity contribution >= 4 is 5.69 Å². The van der Waals surface area contributed by atoms with Crippen LogP contribution < -0.4 is 4.90 Å². The van der Waals surface area contributed by atoms with Crippen LogP contribution in [-0.2, 0) is 0 Å². The van der Waals surface area contributed by atoms with Gasteiger partial charge in [-0.15, -0.1) is 0 Å². The fourth-order valence-electron chi connectivity index (χ4n) is 2.91. The minimum atomic E-state index is -0.416. The second kappa shape index (κ2) is 6.42. The van der Waals surface area contributed by atoms with E-state index in [-0.39, 0.29) is 0 Å². The predicted octanol–water partition coefficient (Wildman–Crippen LogP) is 3.84. The van der Waals surface area contributed by atoms with Crippen LogP contribution in [0.25, 0.3) is 0 Å². The fraction of sp³-hybridized carbons (Fsp3) is 0.647. The van der Waals surface area contributed by atoms with Crippen LogP contribution in [0, 0.1) is 5.92 Å². The third-order valence-corrected chi connectivity index (χ3v) is 4.24. The molecule has 0 spiro atoms. The van der Waals surface area contributed by atoms with E-state index >= 15 is 0 Å². The van der Waals surface area contributed by atoms with E-state index < -0.39 is 5.60 Å². The van der Waals surface area contributed by atoms with Crippen molar-refractivity contribution in [3.63, 3.8) is 0 Å². The minimum absolute atomic E-state index is 0.416. The number of benzene rings is 1. The molecule has 1 aliphatic rings. The van der Waals surface area contributed by atoms with Gasteiger partial charge in [-0.1, -0.05) is 44.9 Å². The first-order chi connectivity index (χ1) is 9.09. The molecule has 0 radical (unpaired) electrons. The van der Waals surface area contributed by atoms with E-state index in [9.17, 15) is 5.11 Å². The van der Waals surface area contributed by atoms with E-state index in [1.165, 1.54) is 12.1 Å². The highest BCUT2D eigenvalue weighted by Gasteiger charge is 2.31. The number of para-hydroxylation sites is 1. The summed E-state index contributed by atoms with van der Waals surface area (Å²) in [6, 6.07) is 10.5. The van der Waals surface area contributed by atoms with Crippen LogP contribution in [0.15, 0.2) is 30.3 Å². The SMILES string of the molecule is CC(C)CCCC1(O)CCN(c2ccccc2)CC1. The fourth-order valence-corrected chi connectivity index (χ4v) is 2.91. The van der Waals surface area contributed by atoms with Crippen molar-refractivity contribution in [3.8, 4) is 0 Å². The number of aliphatic hydroxyl groups is 1. The second-order valence-corrected chi connectivity index (χ2v) is 6.33. The molecule has 1 heterocycles. The van der Waals surface area contributed by atoms with Gasteiger partial charge < -0.3 is 10.0 Å². The van der Waals surface area contributed by atoms with Gasteiger partial charge in [-0.05, 0) is 37.3 Å². The maximum absolute atomic E-state index is 10.6. The third-order valence-electron chi connectivity index (χ3n) is 4.24. The van der Waals surface area contributed by atoms with Gasteiger partial charge in [0, 0.05) is 18.8 Å². The molecule has 0 atom stereocenters. The molecular formula is C17H27NO. The molecule has 106 valence electrons. The summed E-state index contributed by atoms with van der Waals surface area (Å²) in [6.07, 6.45) is 5.15. The Morgan fingerprint density at radius 3 is 2.37 bits per heavy atom. The zero-order valence-corrected chi connectivity index (χ0v) is 12.3. The molecule has 0 aromatic heterocycles. The first kappa shape index (κ1) is 14.4. The van der Waals surface area contributed by atoms with Crippen molar-refractivity contribution in [2.75, 3.05) is 18.0 Å². The lowest BCUT2D eigenvalue weighted by molar-refractivity contribution is 0.00517. The maximum Gasteiger partial charge on any atom is 0.0681 e. The number of nitrogens with zero attached hydrogens (tertiary/aromatic N) is 1. The molecule has 0 amide bonds. The van der Waals surface area contributed by atoms with Crippen LogP contribution in [0.2, 0.25) is 0 Å².